The predicted molar refractivity (Wildman–Crippen MR) is 150 cm³/mol. The molecule has 1 saturated heterocycles. The van der Waals surface area contributed by atoms with Crippen molar-refractivity contribution in [3.63, 3.8) is 0 Å². The second kappa shape index (κ2) is 11.7. The molecule has 1 amide bonds. The van der Waals surface area contributed by atoms with Gasteiger partial charge in [0.15, 0.2) is 11.6 Å². The van der Waals surface area contributed by atoms with Gasteiger partial charge < -0.3 is 10.1 Å². The lowest BCUT2D eigenvalue weighted by molar-refractivity contribution is -0.140. The van der Waals surface area contributed by atoms with Crippen LogP contribution in [0.3, 0.4) is 0 Å². The number of halogens is 9. The summed E-state index contributed by atoms with van der Waals surface area (Å²) < 4.78 is 86.1. The molecule has 0 bridgehead atoms. The molecule has 5 rings (SSSR count). The fraction of sp³-hybridized carbons (Fsp3) is 0.300. The van der Waals surface area contributed by atoms with E-state index >= 15 is 4.39 Å². The molecule has 2 aliphatic rings. The number of benzene rings is 3. The van der Waals surface area contributed by atoms with Crippen molar-refractivity contribution in [3.05, 3.63) is 98.8 Å². The van der Waals surface area contributed by atoms with Crippen LogP contribution in [0.5, 0.6) is 0 Å². The minimum atomic E-state index is -4.99. The van der Waals surface area contributed by atoms with Crippen molar-refractivity contribution in [2.75, 3.05) is 5.32 Å². The maximum Gasteiger partial charge on any atom is 0.419 e. The van der Waals surface area contributed by atoms with Crippen molar-refractivity contribution < 1.29 is 45.5 Å². The van der Waals surface area contributed by atoms with Crippen molar-refractivity contribution >= 4 is 58.0 Å². The largest absolute Gasteiger partial charge is 0.419 e. The lowest BCUT2D eigenvalue weighted by Gasteiger charge is -2.11. The Balaban J connectivity index is 1.31. The number of ketones is 2. The molecule has 2 unspecified atom stereocenters. The number of nitrogens with one attached hydrogen (secondary N) is 1. The molecule has 2 fully saturated rings. The molecule has 1 heterocycles. The quantitative estimate of drug-likeness (QED) is 0.109. The third-order valence-electron chi connectivity index (χ3n) is 7.52. The summed E-state index contributed by atoms with van der Waals surface area (Å²) in [5.41, 5.74) is -2.41. The second-order valence-electron chi connectivity index (χ2n) is 10.6. The molecule has 3 aromatic rings. The van der Waals surface area contributed by atoms with Crippen LogP contribution in [-0.2, 0) is 33.3 Å². The number of alkyl halides is 5. The van der Waals surface area contributed by atoms with Crippen LogP contribution in [0, 0.1) is 23.4 Å². The molecule has 3 aromatic carbocycles. The zero-order valence-corrected chi connectivity index (χ0v) is 24.6. The van der Waals surface area contributed by atoms with Gasteiger partial charge in [0.2, 0.25) is 5.91 Å². The summed E-state index contributed by atoms with van der Waals surface area (Å²) in [4.78, 5) is 38.4. The molecule has 1 aliphatic heterocycles. The first-order chi connectivity index (χ1) is 20.5. The number of rotatable bonds is 9. The maximum absolute atomic E-state index is 15.2. The molecule has 0 radical (unpaired) electrons. The van der Waals surface area contributed by atoms with Gasteiger partial charge in [0.1, 0.15) is 27.9 Å². The second-order valence-corrected chi connectivity index (χ2v) is 12.4. The topological polar surface area (TPSA) is 75.8 Å². The van der Waals surface area contributed by atoms with E-state index in [4.69, 9.17) is 39.5 Å². The van der Waals surface area contributed by atoms with Gasteiger partial charge >= 0.3 is 6.18 Å². The van der Waals surface area contributed by atoms with Gasteiger partial charge in [0, 0.05) is 35.6 Å². The fourth-order valence-electron chi connectivity index (χ4n) is 5.07. The van der Waals surface area contributed by atoms with Crippen molar-refractivity contribution in [1.29, 1.82) is 0 Å². The molecule has 5 nitrogen and oxygen atoms in total. The summed E-state index contributed by atoms with van der Waals surface area (Å²) >= 11 is 18.7. The summed E-state index contributed by atoms with van der Waals surface area (Å²) in [6.45, 7) is 1.65. The Hall–Kier alpha value is -3.12. The van der Waals surface area contributed by atoms with Crippen molar-refractivity contribution in [3.8, 4) is 0 Å². The normalized spacial score (nSPS) is 22.0. The molecule has 1 N–H and O–H groups in total. The van der Waals surface area contributed by atoms with Crippen LogP contribution >= 0.6 is 34.8 Å². The molecule has 4 atom stereocenters. The third kappa shape index (κ3) is 6.33. The van der Waals surface area contributed by atoms with Gasteiger partial charge in [-0.3, -0.25) is 14.4 Å². The molecule has 0 spiro atoms. The number of epoxide rings is 1. The molecule has 1 aliphatic carbocycles. The fourth-order valence-corrected chi connectivity index (χ4v) is 6.12. The Morgan fingerprint density at radius 1 is 0.955 bits per heavy atom. The molecule has 14 heteroatoms. The monoisotopic (exact) mass is 677 g/mol. The molecule has 232 valence electrons. The van der Waals surface area contributed by atoms with Crippen molar-refractivity contribution in [1.82, 2.24) is 0 Å². The molecular formula is C30H20Cl3F6NO4. The first-order valence-corrected chi connectivity index (χ1v) is 14.2. The number of carbonyl (C=O) groups excluding carboxylic acids is 3. The van der Waals surface area contributed by atoms with Gasteiger partial charge in [-0.1, -0.05) is 23.7 Å². The van der Waals surface area contributed by atoms with E-state index in [0.29, 0.717) is 12.1 Å². The van der Waals surface area contributed by atoms with E-state index in [2.05, 4.69) is 5.32 Å². The van der Waals surface area contributed by atoms with E-state index in [9.17, 15) is 36.3 Å². The van der Waals surface area contributed by atoms with E-state index in [1.807, 2.05) is 0 Å². The first kappa shape index (κ1) is 32.3. The Labute approximate surface area is 261 Å². The third-order valence-corrected chi connectivity index (χ3v) is 8.79. The average Bonchev–Trinajstić information content (AvgIpc) is 3.81. The minimum absolute atomic E-state index is 0.0389. The molecule has 44 heavy (non-hydrogen) atoms. The molecule has 0 aromatic heterocycles. The lowest BCUT2D eigenvalue weighted by Crippen LogP contribution is -2.18. The number of amides is 1. The van der Waals surface area contributed by atoms with E-state index < -0.39 is 87.3 Å². The maximum atomic E-state index is 15.2. The average molecular weight is 679 g/mol. The Kier molecular flexibility index (Phi) is 8.56. The summed E-state index contributed by atoms with van der Waals surface area (Å²) in [5, 5.41) is 2.43. The van der Waals surface area contributed by atoms with Crippen LogP contribution in [0.4, 0.5) is 32.0 Å². The highest BCUT2D eigenvalue weighted by Crippen LogP contribution is 2.65. The number of Topliss-reactive ketones (excluding diaryl/α,β-unsaturated/α-hetero) is 2. The van der Waals surface area contributed by atoms with Gasteiger partial charge in [-0.05, 0) is 54.4 Å². The Morgan fingerprint density at radius 2 is 1.61 bits per heavy atom. The van der Waals surface area contributed by atoms with Gasteiger partial charge in [0.25, 0.3) is 0 Å². The summed E-state index contributed by atoms with van der Waals surface area (Å²) in [7, 11) is 0. The zero-order valence-electron chi connectivity index (χ0n) is 22.4. The van der Waals surface area contributed by atoms with Crippen LogP contribution < -0.4 is 5.32 Å². The minimum Gasteiger partial charge on any atom is -0.362 e. The number of anilines is 1. The van der Waals surface area contributed by atoms with E-state index in [1.165, 1.54) is 18.2 Å². The summed E-state index contributed by atoms with van der Waals surface area (Å²) in [6, 6.07) is 8.03. The highest BCUT2D eigenvalue weighted by atomic mass is 35.5. The molecule has 1 saturated carbocycles. The zero-order chi connectivity index (χ0) is 32.3. The predicted octanol–water partition coefficient (Wildman–Crippen LogP) is 7.63. The molecular weight excluding hydrogens is 659 g/mol. The van der Waals surface area contributed by atoms with Crippen LogP contribution in [-0.4, -0.2) is 34.0 Å². The van der Waals surface area contributed by atoms with E-state index in [0.717, 1.165) is 18.2 Å². The van der Waals surface area contributed by atoms with Gasteiger partial charge in [-0.2, -0.15) is 13.2 Å². The van der Waals surface area contributed by atoms with Gasteiger partial charge in [-0.25, -0.2) is 13.2 Å². The first-order valence-electron chi connectivity index (χ1n) is 13.0. The smallest absolute Gasteiger partial charge is 0.362 e. The summed E-state index contributed by atoms with van der Waals surface area (Å²) in [6.07, 6.45) is -7.19. The standard InChI is InChI=1S/C30H20Cl3F6NO4/c1-12-27(44-12)23(42)11-17-20(34)6-3-14(26(17)36)9-22(41)16-10-15(4-5-19(16)31)40-28(43)25-24(29(25,32)33)13-2-7-21(35)18(8-13)30(37,38)39/h2-8,10,12,24-25,27H,9,11H2,1H3,(H,40,43)/t12?,24-,25+,27?/m0/s1. The van der Waals surface area contributed by atoms with Crippen molar-refractivity contribution in [2.45, 2.75) is 48.4 Å². The number of hydrogen-bond acceptors (Lipinski definition) is 4. The highest BCUT2D eigenvalue weighted by molar-refractivity contribution is 6.53. The number of ether oxygens (including phenoxy) is 1. The van der Waals surface area contributed by atoms with Crippen LogP contribution in [0.2, 0.25) is 5.02 Å². The van der Waals surface area contributed by atoms with E-state index in [1.54, 1.807) is 6.92 Å². The number of carbonyl (C=O) groups is 3. The Morgan fingerprint density at radius 3 is 2.25 bits per heavy atom. The van der Waals surface area contributed by atoms with Gasteiger partial charge in [0.05, 0.1) is 22.6 Å². The van der Waals surface area contributed by atoms with Crippen molar-refractivity contribution in [2.24, 2.45) is 5.92 Å². The van der Waals surface area contributed by atoms with Crippen LogP contribution in [0.1, 0.15) is 45.5 Å². The van der Waals surface area contributed by atoms with Gasteiger partial charge in [-0.15, -0.1) is 23.2 Å². The number of hydrogen-bond donors (Lipinski definition) is 1. The SMILES string of the molecule is CC1OC1C(=O)Cc1c(F)ccc(CC(=O)c2cc(NC(=O)[C@H]3[C@H](c4ccc(F)c(C(F)(F)F)c4)C3(Cl)Cl)ccc2Cl)c1F. The van der Waals surface area contributed by atoms with Crippen LogP contribution in [0.15, 0.2) is 48.5 Å². The van der Waals surface area contributed by atoms with E-state index in [-0.39, 0.29) is 33.5 Å². The highest BCUT2D eigenvalue weighted by Gasteiger charge is 2.67. The Bertz CT molecular complexity index is 1700. The lowest BCUT2D eigenvalue weighted by atomic mass is 9.97. The summed E-state index contributed by atoms with van der Waals surface area (Å²) in [5.74, 6) is -7.84. The van der Waals surface area contributed by atoms with Crippen LogP contribution in [0.25, 0.3) is 0 Å².